The minimum absolute atomic E-state index is 0.0930. The van der Waals surface area contributed by atoms with Crippen LogP contribution >= 0.6 is 0 Å². The van der Waals surface area contributed by atoms with E-state index in [0.717, 1.165) is 5.56 Å². The van der Waals surface area contributed by atoms with Crippen LogP contribution in [0.25, 0.3) is 0 Å². The van der Waals surface area contributed by atoms with E-state index >= 15 is 0 Å². The van der Waals surface area contributed by atoms with Crippen LogP contribution in [0.1, 0.15) is 22.8 Å². The zero-order chi connectivity index (χ0) is 18.8. The Balaban J connectivity index is 1.77. The third-order valence-electron chi connectivity index (χ3n) is 3.46. The fourth-order valence-corrected chi connectivity index (χ4v) is 2.09. The highest BCUT2D eigenvalue weighted by Gasteiger charge is 2.08. The van der Waals surface area contributed by atoms with E-state index in [1.165, 1.54) is 0 Å². The summed E-state index contributed by atoms with van der Waals surface area (Å²) in [4.78, 5) is 23.8. The van der Waals surface area contributed by atoms with Crippen molar-refractivity contribution in [2.24, 2.45) is 0 Å². The SMILES string of the molecule is CCOCCOC(=O)c1ccc(NC(=O)COc2ccc(C)cc2)cc1. The quantitative estimate of drug-likeness (QED) is 0.551. The zero-order valence-electron chi connectivity index (χ0n) is 15.0. The molecule has 0 atom stereocenters. The number of hydrogen-bond donors (Lipinski definition) is 1. The van der Waals surface area contributed by atoms with E-state index < -0.39 is 5.97 Å². The minimum Gasteiger partial charge on any atom is -0.484 e. The van der Waals surface area contributed by atoms with E-state index in [1.807, 2.05) is 38.1 Å². The van der Waals surface area contributed by atoms with E-state index in [-0.39, 0.29) is 19.1 Å². The Morgan fingerprint density at radius 1 is 0.962 bits per heavy atom. The molecule has 0 aliphatic rings. The molecule has 0 spiro atoms. The monoisotopic (exact) mass is 357 g/mol. The average molecular weight is 357 g/mol. The number of anilines is 1. The maximum atomic E-state index is 11.9. The third kappa shape index (κ3) is 6.57. The highest BCUT2D eigenvalue weighted by Crippen LogP contribution is 2.13. The summed E-state index contributed by atoms with van der Waals surface area (Å²) in [5.74, 6) is -0.0706. The van der Waals surface area contributed by atoms with Gasteiger partial charge in [0.05, 0.1) is 12.2 Å². The minimum atomic E-state index is -0.426. The maximum Gasteiger partial charge on any atom is 0.338 e. The topological polar surface area (TPSA) is 73.9 Å². The van der Waals surface area contributed by atoms with Crippen molar-refractivity contribution >= 4 is 17.6 Å². The lowest BCUT2D eigenvalue weighted by Crippen LogP contribution is -2.20. The van der Waals surface area contributed by atoms with Gasteiger partial charge >= 0.3 is 5.97 Å². The molecule has 26 heavy (non-hydrogen) atoms. The van der Waals surface area contributed by atoms with E-state index in [2.05, 4.69) is 5.32 Å². The maximum absolute atomic E-state index is 11.9. The lowest BCUT2D eigenvalue weighted by atomic mass is 10.2. The summed E-state index contributed by atoms with van der Waals surface area (Å²) >= 11 is 0. The van der Waals surface area contributed by atoms with Crippen LogP contribution in [0.4, 0.5) is 5.69 Å². The van der Waals surface area contributed by atoms with Crippen molar-refractivity contribution < 1.29 is 23.8 Å². The fraction of sp³-hybridized carbons (Fsp3) is 0.300. The van der Waals surface area contributed by atoms with Gasteiger partial charge in [-0.2, -0.15) is 0 Å². The standard InChI is InChI=1S/C20H23NO5/c1-3-24-12-13-25-20(23)16-6-8-17(9-7-16)21-19(22)14-26-18-10-4-15(2)5-11-18/h4-11H,3,12-14H2,1-2H3,(H,21,22). The molecule has 0 saturated carbocycles. The van der Waals surface area contributed by atoms with Crippen LogP contribution < -0.4 is 10.1 Å². The number of carbonyl (C=O) groups is 2. The van der Waals surface area contributed by atoms with Gasteiger partial charge < -0.3 is 19.5 Å². The molecular formula is C20H23NO5. The molecule has 0 radical (unpaired) electrons. The average Bonchev–Trinajstić information content (AvgIpc) is 2.65. The number of amides is 1. The first-order valence-electron chi connectivity index (χ1n) is 8.42. The number of rotatable bonds is 9. The van der Waals surface area contributed by atoms with E-state index in [1.54, 1.807) is 24.3 Å². The molecule has 0 unspecified atom stereocenters. The third-order valence-corrected chi connectivity index (χ3v) is 3.46. The van der Waals surface area contributed by atoms with Gasteiger partial charge in [-0.05, 0) is 50.2 Å². The summed E-state index contributed by atoms with van der Waals surface area (Å²) in [6.07, 6.45) is 0. The van der Waals surface area contributed by atoms with Gasteiger partial charge in [-0.15, -0.1) is 0 Å². The van der Waals surface area contributed by atoms with Crippen molar-refractivity contribution in [1.82, 2.24) is 0 Å². The molecule has 0 aliphatic heterocycles. The lowest BCUT2D eigenvalue weighted by molar-refractivity contribution is -0.118. The van der Waals surface area contributed by atoms with Gasteiger partial charge in [0.2, 0.25) is 0 Å². The van der Waals surface area contributed by atoms with Crippen LogP contribution in [0.2, 0.25) is 0 Å². The van der Waals surface area contributed by atoms with Crippen LogP contribution in [0.5, 0.6) is 5.75 Å². The first-order chi connectivity index (χ1) is 12.6. The first-order valence-corrected chi connectivity index (χ1v) is 8.42. The van der Waals surface area contributed by atoms with Gasteiger partial charge in [0.15, 0.2) is 6.61 Å². The molecule has 1 N–H and O–H groups in total. The Kier molecular flexibility index (Phi) is 7.64. The molecule has 0 heterocycles. The Hall–Kier alpha value is -2.86. The first kappa shape index (κ1) is 19.5. The second-order valence-corrected chi connectivity index (χ2v) is 5.56. The highest BCUT2D eigenvalue weighted by molar-refractivity contribution is 5.93. The number of hydrogen-bond acceptors (Lipinski definition) is 5. The Morgan fingerprint density at radius 3 is 2.31 bits per heavy atom. The Bertz CT molecular complexity index is 710. The summed E-state index contributed by atoms with van der Waals surface area (Å²) < 4.78 is 15.6. The van der Waals surface area contributed by atoms with E-state index in [9.17, 15) is 9.59 Å². The Morgan fingerprint density at radius 2 is 1.65 bits per heavy atom. The van der Waals surface area contributed by atoms with Gasteiger partial charge in [-0.1, -0.05) is 17.7 Å². The smallest absolute Gasteiger partial charge is 0.338 e. The molecule has 0 aliphatic carbocycles. The van der Waals surface area contributed by atoms with Gasteiger partial charge in [-0.3, -0.25) is 4.79 Å². The molecule has 0 fully saturated rings. The molecule has 2 aromatic rings. The number of benzene rings is 2. The van der Waals surface area contributed by atoms with Crippen LogP contribution in [0.15, 0.2) is 48.5 Å². The second kappa shape index (κ2) is 10.2. The molecular weight excluding hydrogens is 334 g/mol. The van der Waals surface area contributed by atoms with Crippen molar-refractivity contribution in [2.75, 3.05) is 31.7 Å². The van der Waals surface area contributed by atoms with Gasteiger partial charge in [-0.25, -0.2) is 4.79 Å². The molecule has 0 aromatic heterocycles. The van der Waals surface area contributed by atoms with E-state index in [0.29, 0.717) is 30.2 Å². The van der Waals surface area contributed by atoms with Crippen LogP contribution in [-0.4, -0.2) is 38.3 Å². The summed E-state index contributed by atoms with van der Waals surface area (Å²) in [5, 5.41) is 2.71. The molecule has 1 amide bonds. The number of carbonyl (C=O) groups excluding carboxylic acids is 2. The van der Waals surface area contributed by atoms with Crippen LogP contribution in [-0.2, 0) is 14.3 Å². The zero-order valence-corrected chi connectivity index (χ0v) is 15.0. The van der Waals surface area contributed by atoms with Crippen molar-refractivity contribution in [3.05, 3.63) is 59.7 Å². The van der Waals surface area contributed by atoms with Gasteiger partial charge in [0.1, 0.15) is 12.4 Å². The fourth-order valence-electron chi connectivity index (χ4n) is 2.09. The molecule has 2 rings (SSSR count). The molecule has 2 aromatic carbocycles. The lowest BCUT2D eigenvalue weighted by Gasteiger charge is -2.09. The van der Waals surface area contributed by atoms with Crippen LogP contribution in [0, 0.1) is 6.92 Å². The van der Waals surface area contributed by atoms with Crippen LogP contribution in [0.3, 0.4) is 0 Å². The molecule has 0 saturated heterocycles. The number of nitrogens with one attached hydrogen (secondary N) is 1. The van der Waals surface area contributed by atoms with Crippen molar-refractivity contribution in [3.8, 4) is 5.75 Å². The molecule has 6 nitrogen and oxygen atoms in total. The molecule has 0 bridgehead atoms. The second-order valence-electron chi connectivity index (χ2n) is 5.56. The Labute approximate surface area is 153 Å². The van der Waals surface area contributed by atoms with Crippen molar-refractivity contribution in [3.63, 3.8) is 0 Å². The number of ether oxygens (including phenoxy) is 3. The largest absolute Gasteiger partial charge is 0.484 e. The van der Waals surface area contributed by atoms with Crippen molar-refractivity contribution in [1.29, 1.82) is 0 Å². The normalized spacial score (nSPS) is 10.2. The summed E-state index contributed by atoms with van der Waals surface area (Å²) in [6, 6.07) is 13.9. The molecule has 6 heteroatoms. The van der Waals surface area contributed by atoms with E-state index in [4.69, 9.17) is 14.2 Å². The molecule has 138 valence electrons. The predicted molar refractivity (Wildman–Crippen MR) is 98.5 cm³/mol. The van der Waals surface area contributed by atoms with Crippen molar-refractivity contribution in [2.45, 2.75) is 13.8 Å². The van der Waals surface area contributed by atoms with Gasteiger partial charge in [0, 0.05) is 12.3 Å². The number of esters is 1. The summed E-state index contributed by atoms with van der Waals surface area (Å²) in [7, 11) is 0. The predicted octanol–water partition coefficient (Wildman–Crippen LogP) is 3.21. The highest BCUT2D eigenvalue weighted by atomic mass is 16.6. The summed E-state index contributed by atoms with van der Waals surface area (Å²) in [5.41, 5.74) is 2.11. The van der Waals surface area contributed by atoms with Gasteiger partial charge in [0.25, 0.3) is 5.91 Å². The summed E-state index contributed by atoms with van der Waals surface area (Å²) in [6.45, 7) is 4.93. The number of aryl methyl sites for hydroxylation is 1.